The molecule has 1 aromatic carbocycles. The number of hydrogen-bond donors (Lipinski definition) is 2. The van der Waals surface area contributed by atoms with Crippen molar-refractivity contribution in [3.8, 4) is 0 Å². The molecule has 108 valence electrons. The molecule has 2 nitrogen and oxygen atoms in total. The van der Waals surface area contributed by atoms with E-state index in [0.717, 1.165) is 6.42 Å². The summed E-state index contributed by atoms with van der Waals surface area (Å²) in [4.78, 5) is 0. The van der Waals surface area contributed by atoms with E-state index in [1.807, 2.05) is 6.07 Å². The second kappa shape index (κ2) is 7.06. The minimum atomic E-state index is 0.146. The van der Waals surface area contributed by atoms with Crippen LogP contribution in [0, 0.1) is 11.3 Å². The van der Waals surface area contributed by atoms with Gasteiger partial charge in [0.1, 0.15) is 0 Å². The van der Waals surface area contributed by atoms with Crippen molar-refractivity contribution in [3.63, 3.8) is 0 Å². The van der Waals surface area contributed by atoms with Crippen LogP contribution in [0.2, 0.25) is 0 Å². The standard InChI is InChI=1S/C17H29NO/c1-13(2)16(12-19)18-15(11-17(3,4)5)14-9-7-6-8-10-14/h6-10,13,15-16,18-19H,11-12H2,1-5H3/t15?,16-/m1/s1. The molecule has 0 aliphatic heterocycles. The second-order valence-electron chi connectivity index (χ2n) is 6.93. The molecule has 0 bridgehead atoms. The van der Waals surface area contributed by atoms with Crippen LogP contribution in [0.1, 0.15) is 52.6 Å². The van der Waals surface area contributed by atoms with E-state index in [2.05, 4.69) is 64.2 Å². The van der Waals surface area contributed by atoms with Gasteiger partial charge in [0.25, 0.3) is 0 Å². The maximum absolute atomic E-state index is 9.53. The van der Waals surface area contributed by atoms with Gasteiger partial charge in [-0.25, -0.2) is 0 Å². The van der Waals surface area contributed by atoms with E-state index in [1.54, 1.807) is 0 Å². The lowest BCUT2D eigenvalue weighted by Gasteiger charge is -2.32. The van der Waals surface area contributed by atoms with Crippen molar-refractivity contribution in [2.45, 2.75) is 53.1 Å². The van der Waals surface area contributed by atoms with Crippen LogP contribution < -0.4 is 5.32 Å². The molecule has 2 heteroatoms. The van der Waals surface area contributed by atoms with Gasteiger partial charge in [0.05, 0.1) is 6.61 Å². The van der Waals surface area contributed by atoms with Crippen molar-refractivity contribution in [2.24, 2.45) is 11.3 Å². The first kappa shape index (κ1) is 16.2. The number of rotatable bonds is 6. The predicted octanol–water partition coefficient (Wildman–Crippen LogP) is 3.77. The van der Waals surface area contributed by atoms with Gasteiger partial charge in [-0.05, 0) is 23.3 Å². The van der Waals surface area contributed by atoms with Crippen LogP contribution in [0.3, 0.4) is 0 Å². The Labute approximate surface area is 118 Å². The Hall–Kier alpha value is -0.860. The summed E-state index contributed by atoms with van der Waals surface area (Å²) in [5.41, 5.74) is 1.56. The number of aliphatic hydroxyl groups is 1. The van der Waals surface area contributed by atoms with Crippen molar-refractivity contribution in [1.29, 1.82) is 0 Å². The summed E-state index contributed by atoms with van der Waals surface area (Å²) in [6.45, 7) is 11.3. The smallest absolute Gasteiger partial charge is 0.0587 e. The first-order chi connectivity index (χ1) is 8.83. The highest BCUT2D eigenvalue weighted by atomic mass is 16.3. The van der Waals surface area contributed by atoms with Crippen molar-refractivity contribution < 1.29 is 5.11 Å². The summed E-state index contributed by atoms with van der Waals surface area (Å²) in [5, 5.41) is 13.2. The first-order valence-electron chi connectivity index (χ1n) is 7.25. The molecule has 0 saturated carbocycles. The molecular weight excluding hydrogens is 234 g/mol. The number of hydrogen-bond acceptors (Lipinski definition) is 2. The Morgan fingerprint density at radius 1 is 1.11 bits per heavy atom. The van der Waals surface area contributed by atoms with Crippen molar-refractivity contribution in [1.82, 2.24) is 5.32 Å². The lowest BCUT2D eigenvalue weighted by Crippen LogP contribution is -2.40. The van der Waals surface area contributed by atoms with Gasteiger partial charge in [-0.2, -0.15) is 0 Å². The van der Waals surface area contributed by atoms with Crippen molar-refractivity contribution in [3.05, 3.63) is 35.9 Å². The van der Waals surface area contributed by atoms with Crippen LogP contribution in [0.4, 0.5) is 0 Å². The average Bonchev–Trinajstić information content (AvgIpc) is 2.33. The first-order valence-corrected chi connectivity index (χ1v) is 7.25. The molecule has 0 radical (unpaired) electrons. The zero-order valence-electron chi connectivity index (χ0n) is 13.0. The normalized spacial score (nSPS) is 15.5. The number of nitrogens with one attached hydrogen (secondary N) is 1. The second-order valence-corrected chi connectivity index (χ2v) is 6.93. The zero-order valence-corrected chi connectivity index (χ0v) is 13.0. The monoisotopic (exact) mass is 263 g/mol. The molecule has 19 heavy (non-hydrogen) atoms. The quantitative estimate of drug-likeness (QED) is 0.819. The summed E-state index contributed by atoms with van der Waals surface area (Å²) in [7, 11) is 0. The third-order valence-electron chi connectivity index (χ3n) is 3.44. The summed E-state index contributed by atoms with van der Waals surface area (Å²) >= 11 is 0. The summed E-state index contributed by atoms with van der Waals surface area (Å²) in [5.74, 6) is 0.427. The molecule has 0 amide bonds. The molecule has 0 aliphatic carbocycles. The van der Waals surface area contributed by atoms with Gasteiger partial charge in [-0.15, -0.1) is 0 Å². The van der Waals surface area contributed by atoms with Crippen LogP contribution >= 0.6 is 0 Å². The highest BCUT2D eigenvalue weighted by Gasteiger charge is 2.23. The maximum atomic E-state index is 9.53. The van der Waals surface area contributed by atoms with Gasteiger partial charge in [-0.3, -0.25) is 0 Å². The highest BCUT2D eigenvalue weighted by Crippen LogP contribution is 2.30. The van der Waals surface area contributed by atoms with E-state index in [0.29, 0.717) is 12.0 Å². The Morgan fingerprint density at radius 2 is 1.68 bits per heavy atom. The topological polar surface area (TPSA) is 32.3 Å². The van der Waals surface area contributed by atoms with Gasteiger partial charge >= 0.3 is 0 Å². The van der Waals surface area contributed by atoms with Crippen LogP contribution in [-0.2, 0) is 0 Å². The fourth-order valence-electron chi connectivity index (χ4n) is 2.29. The van der Waals surface area contributed by atoms with Crippen LogP contribution in [0.5, 0.6) is 0 Å². The molecule has 1 aromatic rings. The molecule has 0 spiro atoms. The Balaban J connectivity index is 2.87. The van der Waals surface area contributed by atoms with Crippen LogP contribution in [-0.4, -0.2) is 17.8 Å². The SMILES string of the molecule is CC(C)[C@@H](CO)NC(CC(C)(C)C)c1ccccc1. The fourth-order valence-corrected chi connectivity index (χ4v) is 2.29. The van der Waals surface area contributed by atoms with Gasteiger partial charge in [-0.1, -0.05) is 65.0 Å². The zero-order chi connectivity index (χ0) is 14.5. The van der Waals surface area contributed by atoms with E-state index in [4.69, 9.17) is 0 Å². The molecule has 1 unspecified atom stereocenters. The summed E-state index contributed by atoms with van der Waals surface area (Å²) < 4.78 is 0. The number of aliphatic hydroxyl groups excluding tert-OH is 1. The molecule has 2 atom stereocenters. The maximum Gasteiger partial charge on any atom is 0.0587 e. The average molecular weight is 263 g/mol. The van der Waals surface area contributed by atoms with E-state index >= 15 is 0 Å². The molecule has 0 aliphatic rings. The molecule has 0 aromatic heterocycles. The van der Waals surface area contributed by atoms with Gasteiger partial charge in [0, 0.05) is 12.1 Å². The van der Waals surface area contributed by atoms with E-state index < -0.39 is 0 Å². The Bertz CT molecular complexity index is 353. The molecule has 2 N–H and O–H groups in total. The minimum absolute atomic E-state index is 0.146. The number of benzene rings is 1. The Morgan fingerprint density at radius 3 is 2.11 bits per heavy atom. The van der Waals surface area contributed by atoms with Crippen LogP contribution in [0.25, 0.3) is 0 Å². The third kappa shape index (κ3) is 5.75. The van der Waals surface area contributed by atoms with E-state index in [9.17, 15) is 5.11 Å². The van der Waals surface area contributed by atoms with E-state index in [1.165, 1.54) is 5.56 Å². The van der Waals surface area contributed by atoms with Crippen LogP contribution in [0.15, 0.2) is 30.3 Å². The molecular formula is C17H29NO. The molecule has 0 heterocycles. The minimum Gasteiger partial charge on any atom is -0.395 e. The van der Waals surface area contributed by atoms with Crippen molar-refractivity contribution >= 4 is 0 Å². The predicted molar refractivity (Wildman–Crippen MR) is 82.1 cm³/mol. The lowest BCUT2D eigenvalue weighted by atomic mass is 9.84. The third-order valence-corrected chi connectivity index (χ3v) is 3.44. The summed E-state index contributed by atoms with van der Waals surface area (Å²) in [6, 6.07) is 11.0. The molecule has 0 fully saturated rings. The fraction of sp³-hybridized carbons (Fsp3) is 0.647. The molecule has 1 rings (SSSR count). The highest BCUT2D eigenvalue weighted by molar-refractivity contribution is 5.19. The summed E-state index contributed by atoms with van der Waals surface area (Å²) in [6.07, 6.45) is 1.06. The van der Waals surface area contributed by atoms with Gasteiger partial charge in [0.15, 0.2) is 0 Å². The van der Waals surface area contributed by atoms with E-state index in [-0.39, 0.29) is 18.1 Å². The lowest BCUT2D eigenvalue weighted by molar-refractivity contribution is 0.184. The largest absolute Gasteiger partial charge is 0.395 e. The van der Waals surface area contributed by atoms with Crippen molar-refractivity contribution in [2.75, 3.05) is 6.61 Å². The van der Waals surface area contributed by atoms with Gasteiger partial charge < -0.3 is 10.4 Å². The Kier molecular flexibility index (Phi) is 6.02. The molecule has 0 saturated heterocycles. The van der Waals surface area contributed by atoms with Gasteiger partial charge in [0.2, 0.25) is 0 Å².